The number of nitrogens with zero attached hydrogens (tertiary/aromatic N) is 2. The number of hydrogen-bond donors (Lipinski definition) is 0. The Morgan fingerprint density at radius 1 is 1.24 bits per heavy atom. The molecule has 0 bridgehead atoms. The second kappa shape index (κ2) is 5.52. The largest absolute Gasteiger partial charge is 0.456 e. The van der Waals surface area contributed by atoms with Crippen LogP contribution in [0.1, 0.15) is 36.8 Å². The Bertz CT molecular complexity index is 727. The fourth-order valence-electron chi connectivity index (χ4n) is 1.90. The van der Waals surface area contributed by atoms with Crippen molar-refractivity contribution >= 4 is 5.97 Å². The second-order valence-electron chi connectivity index (χ2n) is 5.71. The highest BCUT2D eigenvalue weighted by atomic mass is 16.6. The van der Waals surface area contributed by atoms with E-state index in [9.17, 15) is 9.59 Å². The summed E-state index contributed by atoms with van der Waals surface area (Å²) in [6, 6.07) is 6.64. The maximum absolute atomic E-state index is 12.5. The van der Waals surface area contributed by atoms with E-state index in [2.05, 4.69) is 4.98 Å². The lowest BCUT2D eigenvalue weighted by atomic mass is 10.2. The van der Waals surface area contributed by atoms with Crippen LogP contribution in [0.5, 0.6) is 0 Å². The first kappa shape index (κ1) is 15.0. The van der Waals surface area contributed by atoms with Crippen molar-refractivity contribution in [2.24, 2.45) is 0 Å². The first-order valence-electron chi connectivity index (χ1n) is 6.66. The molecule has 0 unspecified atom stereocenters. The van der Waals surface area contributed by atoms with E-state index in [1.807, 2.05) is 6.92 Å². The maximum atomic E-state index is 12.5. The van der Waals surface area contributed by atoms with Crippen molar-refractivity contribution in [2.45, 2.75) is 33.3 Å². The van der Waals surface area contributed by atoms with Gasteiger partial charge in [-0.1, -0.05) is 0 Å². The molecule has 0 atom stereocenters. The minimum atomic E-state index is -0.644. The molecule has 0 saturated heterocycles. The highest BCUT2D eigenvalue weighted by Gasteiger charge is 2.21. The summed E-state index contributed by atoms with van der Waals surface area (Å²) in [7, 11) is 0. The van der Waals surface area contributed by atoms with Crippen molar-refractivity contribution < 1.29 is 9.53 Å². The van der Waals surface area contributed by atoms with Crippen LogP contribution in [0.25, 0.3) is 5.69 Å². The summed E-state index contributed by atoms with van der Waals surface area (Å²) >= 11 is 0. The van der Waals surface area contributed by atoms with E-state index in [1.54, 1.807) is 51.4 Å². The zero-order valence-electron chi connectivity index (χ0n) is 12.6. The molecule has 2 aromatic rings. The number of hydrogen-bond acceptors (Lipinski definition) is 4. The predicted molar refractivity (Wildman–Crippen MR) is 79.7 cm³/mol. The average Bonchev–Trinajstić information content (AvgIpc) is 2.38. The summed E-state index contributed by atoms with van der Waals surface area (Å²) < 4.78 is 6.66. The summed E-state index contributed by atoms with van der Waals surface area (Å²) in [6.07, 6.45) is 3.27. The third-order valence-corrected chi connectivity index (χ3v) is 2.80. The van der Waals surface area contributed by atoms with Crippen molar-refractivity contribution in [2.75, 3.05) is 0 Å². The highest BCUT2D eigenvalue weighted by Crippen LogP contribution is 2.12. The molecule has 2 heterocycles. The van der Waals surface area contributed by atoms with Gasteiger partial charge in [0.2, 0.25) is 0 Å². The van der Waals surface area contributed by atoms with Crippen molar-refractivity contribution in [1.82, 2.24) is 9.55 Å². The first-order valence-corrected chi connectivity index (χ1v) is 6.66. The lowest BCUT2D eigenvalue weighted by molar-refractivity contribution is 0.00672. The fraction of sp³-hybridized carbons (Fsp3) is 0.312. The zero-order chi connectivity index (χ0) is 15.6. The Morgan fingerprint density at radius 3 is 2.57 bits per heavy atom. The SMILES string of the molecule is Cc1ncccc1-n1cccc(C(=O)OC(C)(C)C)c1=O. The topological polar surface area (TPSA) is 61.2 Å². The van der Waals surface area contributed by atoms with Gasteiger partial charge in [-0.25, -0.2) is 4.79 Å². The molecule has 0 radical (unpaired) electrons. The Kier molecular flexibility index (Phi) is 3.93. The monoisotopic (exact) mass is 286 g/mol. The number of carbonyl (C=O) groups excluding carboxylic acids is 1. The third-order valence-electron chi connectivity index (χ3n) is 2.80. The van der Waals surface area contributed by atoms with Gasteiger partial charge in [0.1, 0.15) is 11.2 Å². The fourth-order valence-corrected chi connectivity index (χ4v) is 1.90. The molecule has 0 saturated carbocycles. The van der Waals surface area contributed by atoms with Crippen LogP contribution in [0, 0.1) is 6.92 Å². The Hall–Kier alpha value is -2.43. The molecule has 5 heteroatoms. The Balaban J connectivity index is 2.49. The van der Waals surface area contributed by atoms with Gasteiger partial charge in [0, 0.05) is 12.4 Å². The first-order chi connectivity index (χ1) is 9.79. The zero-order valence-corrected chi connectivity index (χ0v) is 12.6. The lowest BCUT2D eigenvalue weighted by Crippen LogP contribution is -2.30. The van der Waals surface area contributed by atoms with Crippen molar-refractivity contribution in [3.63, 3.8) is 0 Å². The number of rotatable bonds is 2. The molecule has 0 aromatic carbocycles. The molecular formula is C16H18N2O3. The number of ether oxygens (including phenoxy) is 1. The van der Waals surface area contributed by atoms with E-state index in [-0.39, 0.29) is 5.56 Å². The third kappa shape index (κ3) is 3.37. The summed E-state index contributed by atoms with van der Waals surface area (Å²) in [6.45, 7) is 7.09. The van der Waals surface area contributed by atoms with Gasteiger partial charge in [0.15, 0.2) is 0 Å². The quantitative estimate of drug-likeness (QED) is 0.796. The molecule has 110 valence electrons. The van der Waals surface area contributed by atoms with Crippen molar-refractivity contribution in [3.8, 4) is 5.69 Å². The van der Waals surface area contributed by atoms with Crippen LogP contribution < -0.4 is 5.56 Å². The summed E-state index contributed by atoms with van der Waals surface area (Å²) in [5.41, 5.74) is 0.307. The van der Waals surface area contributed by atoms with Gasteiger partial charge in [0.25, 0.3) is 5.56 Å². The van der Waals surface area contributed by atoms with Gasteiger partial charge in [0.05, 0.1) is 11.4 Å². The van der Waals surface area contributed by atoms with Crippen LogP contribution >= 0.6 is 0 Å². The number of carbonyl (C=O) groups is 1. The minimum Gasteiger partial charge on any atom is -0.456 e. The second-order valence-corrected chi connectivity index (χ2v) is 5.71. The smallest absolute Gasteiger partial charge is 0.344 e. The van der Waals surface area contributed by atoms with Gasteiger partial charge in [-0.05, 0) is 52.0 Å². The number of esters is 1. The average molecular weight is 286 g/mol. The van der Waals surface area contributed by atoms with Gasteiger partial charge in [-0.15, -0.1) is 0 Å². The van der Waals surface area contributed by atoms with Gasteiger partial charge >= 0.3 is 5.97 Å². The highest BCUT2D eigenvalue weighted by molar-refractivity contribution is 5.89. The molecule has 0 fully saturated rings. The van der Waals surface area contributed by atoms with Crippen molar-refractivity contribution in [3.05, 3.63) is 58.3 Å². The van der Waals surface area contributed by atoms with Crippen LogP contribution in [-0.4, -0.2) is 21.1 Å². The van der Waals surface area contributed by atoms with Gasteiger partial charge in [-0.2, -0.15) is 0 Å². The van der Waals surface area contributed by atoms with Crippen molar-refractivity contribution in [1.29, 1.82) is 0 Å². The molecule has 0 aliphatic carbocycles. The minimum absolute atomic E-state index is 0.00989. The van der Waals surface area contributed by atoms with E-state index in [0.717, 1.165) is 0 Å². The van der Waals surface area contributed by atoms with E-state index in [1.165, 1.54) is 10.6 Å². The molecular weight excluding hydrogens is 268 g/mol. The Morgan fingerprint density at radius 2 is 1.95 bits per heavy atom. The van der Waals surface area contributed by atoms with E-state index in [0.29, 0.717) is 11.4 Å². The predicted octanol–water partition coefficient (Wildman–Crippen LogP) is 2.50. The lowest BCUT2D eigenvalue weighted by Gasteiger charge is -2.19. The van der Waals surface area contributed by atoms with Gasteiger partial charge < -0.3 is 4.74 Å². The molecule has 2 aromatic heterocycles. The molecule has 0 amide bonds. The molecule has 2 rings (SSSR count). The van der Waals surface area contributed by atoms with Crippen LogP contribution in [0.3, 0.4) is 0 Å². The maximum Gasteiger partial charge on any atom is 0.344 e. The summed E-state index contributed by atoms with van der Waals surface area (Å²) in [4.78, 5) is 28.7. The van der Waals surface area contributed by atoms with Crippen LogP contribution in [0.2, 0.25) is 0 Å². The van der Waals surface area contributed by atoms with Crippen LogP contribution in [0.15, 0.2) is 41.5 Å². The van der Waals surface area contributed by atoms with E-state index < -0.39 is 17.1 Å². The number of aromatic nitrogens is 2. The standard InChI is InChI=1S/C16H18N2O3/c1-11-13(8-5-9-17-11)18-10-6-7-12(14(18)19)15(20)21-16(2,3)4/h5-10H,1-4H3. The van der Waals surface area contributed by atoms with Crippen LogP contribution in [0.4, 0.5) is 0 Å². The normalized spacial score (nSPS) is 11.2. The molecule has 0 N–H and O–H groups in total. The van der Waals surface area contributed by atoms with E-state index >= 15 is 0 Å². The molecule has 5 nitrogen and oxygen atoms in total. The molecule has 0 spiro atoms. The van der Waals surface area contributed by atoms with Crippen LogP contribution in [-0.2, 0) is 4.74 Å². The molecule has 21 heavy (non-hydrogen) atoms. The summed E-state index contributed by atoms with van der Waals surface area (Å²) in [5.74, 6) is -0.622. The molecule has 0 aliphatic heterocycles. The summed E-state index contributed by atoms with van der Waals surface area (Å²) in [5, 5.41) is 0. The van der Waals surface area contributed by atoms with Gasteiger partial charge in [-0.3, -0.25) is 14.3 Å². The number of aryl methyl sites for hydroxylation is 1. The number of pyridine rings is 2. The van der Waals surface area contributed by atoms with E-state index in [4.69, 9.17) is 4.74 Å². The Labute approximate surface area is 123 Å². The molecule has 0 aliphatic rings.